The lowest BCUT2D eigenvalue weighted by Crippen LogP contribution is -2.68. The molecule has 1 N–H and O–H groups in total. The summed E-state index contributed by atoms with van der Waals surface area (Å²) in [6, 6.07) is 0. The molecule has 5 aliphatic carbocycles. The Bertz CT molecular complexity index is 768. The summed E-state index contributed by atoms with van der Waals surface area (Å²) in [6.07, 6.45) is 13.6. The fraction of sp³-hybridized carbons (Fsp3) is 1.00. The number of fused-ring (bicyclic) bond motifs is 7. The Morgan fingerprint density at radius 3 is 1.75 bits per heavy atom. The summed E-state index contributed by atoms with van der Waals surface area (Å²) in [5.41, 5.74) is 2.46. The minimum atomic E-state index is -0.113. The quantitative estimate of drug-likeness (QED) is 0.431. The standard InChI is InChI=1S/C31H54O/c1-20(2)21-12-16-30(8)24-11-10-23-27(5)15-14-25(32)26(3,4)22(27)13-17-29(23,7)31(24,9)19-18-28(21,30)6/h20-25,32H,10-19H2,1-9H3/t21-,22+,23-,24-,25?,27+,28+,29-,30-,31-/m1/s1. The van der Waals surface area contributed by atoms with Gasteiger partial charge in [0.25, 0.3) is 0 Å². The van der Waals surface area contributed by atoms with Gasteiger partial charge in [-0.3, -0.25) is 0 Å². The van der Waals surface area contributed by atoms with Crippen molar-refractivity contribution >= 4 is 0 Å². The van der Waals surface area contributed by atoms with E-state index in [9.17, 15) is 5.11 Å². The van der Waals surface area contributed by atoms with Crippen LogP contribution in [0.25, 0.3) is 0 Å². The molecule has 0 aromatic carbocycles. The van der Waals surface area contributed by atoms with Crippen LogP contribution in [0.3, 0.4) is 0 Å². The summed E-state index contributed by atoms with van der Waals surface area (Å²) in [7, 11) is 0. The van der Waals surface area contributed by atoms with Crippen LogP contribution in [0, 0.1) is 62.1 Å². The first kappa shape index (κ1) is 23.7. The normalized spacial score (nSPS) is 59.2. The van der Waals surface area contributed by atoms with Crippen LogP contribution in [0.15, 0.2) is 0 Å². The lowest BCUT2D eigenvalue weighted by Gasteiger charge is -2.74. The second kappa shape index (κ2) is 6.79. The zero-order valence-electron chi connectivity index (χ0n) is 23.0. The van der Waals surface area contributed by atoms with Crippen molar-refractivity contribution in [3.05, 3.63) is 0 Å². The maximum atomic E-state index is 10.9. The van der Waals surface area contributed by atoms with Crippen molar-refractivity contribution in [2.45, 2.75) is 133 Å². The summed E-state index contributed by atoms with van der Waals surface area (Å²) in [6.45, 7) is 23.4. The van der Waals surface area contributed by atoms with Crippen LogP contribution < -0.4 is 0 Å². The van der Waals surface area contributed by atoms with E-state index in [0.717, 1.165) is 30.1 Å². The van der Waals surface area contributed by atoms with Gasteiger partial charge < -0.3 is 5.11 Å². The van der Waals surface area contributed by atoms with Crippen molar-refractivity contribution in [3.63, 3.8) is 0 Å². The van der Waals surface area contributed by atoms with Crippen molar-refractivity contribution in [2.24, 2.45) is 62.1 Å². The van der Waals surface area contributed by atoms with Gasteiger partial charge in [0.1, 0.15) is 0 Å². The molecule has 5 aliphatic rings. The van der Waals surface area contributed by atoms with Crippen LogP contribution in [-0.2, 0) is 0 Å². The van der Waals surface area contributed by atoms with Crippen molar-refractivity contribution in [2.75, 3.05) is 0 Å². The Kier molecular flexibility index (Phi) is 5.03. The Hall–Kier alpha value is -0.0400. The Balaban J connectivity index is 1.54. The Labute approximate surface area is 199 Å². The van der Waals surface area contributed by atoms with Gasteiger partial charge >= 0.3 is 0 Å². The molecule has 0 spiro atoms. The maximum absolute atomic E-state index is 10.9. The molecule has 1 heteroatoms. The fourth-order valence-corrected chi connectivity index (χ4v) is 12.5. The average Bonchev–Trinajstić information content (AvgIpc) is 2.98. The van der Waals surface area contributed by atoms with Crippen LogP contribution in [0.5, 0.6) is 0 Å². The second-order valence-corrected chi connectivity index (χ2v) is 15.7. The molecule has 0 heterocycles. The van der Waals surface area contributed by atoms with Crippen LogP contribution in [0.4, 0.5) is 0 Å². The molecule has 0 bridgehead atoms. The number of rotatable bonds is 1. The number of aliphatic hydroxyl groups is 1. The minimum absolute atomic E-state index is 0.0686. The molecule has 0 aliphatic heterocycles. The predicted molar refractivity (Wildman–Crippen MR) is 135 cm³/mol. The summed E-state index contributed by atoms with van der Waals surface area (Å²) < 4.78 is 0. The molecule has 5 saturated carbocycles. The molecular formula is C31H54O. The van der Waals surface area contributed by atoms with E-state index < -0.39 is 0 Å². The minimum Gasteiger partial charge on any atom is -0.393 e. The zero-order valence-corrected chi connectivity index (χ0v) is 23.0. The molecule has 1 nitrogen and oxygen atoms in total. The predicted octanol–water partition coefficient (Wildman–Crippen LogP) is 8.49. The molecule has 0 radical (unpaired) electrons. The van der Waals surface area contributed by atoms with Gasteiger partial charge in [0.05, 0.1) is 6.10 Å². The summed E-state index contributed by atoms with van der Waals surface area (Å²) in [5, 5.41) is 10.9. The lowest BCUT2D eigenvalue weighted by atomic mass is 9.30. The monoisotopic (exact) mass is 442 g/mol. The van der Waals surface area contributed by atoms with Crippen molar-refractivity contribution < 1.29 is 5.11 Å². The molecule has 1 unspecified atom stereocenters. The summed E-state index contributed by atoms with van der Waals surface area (Å²) in [4.78, 5) is 0. The van der Waals surface area contributed by atoms with E-state index in [1.807, 2.05) is 0 Å². The highest BCUT2D eigenvalue weighted by Crippen LogP contribution is 2.80. The van der Waals surface area contributed by atoms with Gasteiger partial charge in [-0.1, -0.05) is 62.3 Å². The summed E-state index contributed by atoms with van der Waals surface area (Å²) in [5.74, 6) is 4.14. The Morgan fingerprint density at radius 2 is 1.09 bits per heavy atom. The zero-order chi connectivity index (χ0) is 23.5. The van der Waals surface area contributed by atoms with E-state index in [1.54, 1.807) is 0 Å². The molecule has 0 amide bonds. The molecule has 10 atom stereocenters. The maximum Gasteiger partial charge on any atom is 0.0594 e. The first-order valence-electron chi connectivity index (χ1n) is 14.4. The van der Waals surface area contributed by atoms with Gasteiger partial charge in [0, 0.05) is 0 Å². The SMILES string of the molecule is CC(C)[C@H]1CC[C@]2(C)[C@H]3CC[C@@H]4[C@@]5(C)CCC(O)C(C)(C)[C@@H]5CC[C@@]4(C)[C@]3(C)CC[C@@]12C. The fourth-order valence-electron chi connectivity index (χ4n) is 12.5. The van der Waals surface area contributed by atoms with Crippen LogP contribution in [0.2, 0.25) is 0 Å². The largest absolute Gasteiger partial charge is 0.393 e. The van der Waals surface area contributed by atoms with Crippen molar-refractivity contribution in [1.29, 1.82) is 0 Å². The molecule has 32 heavy (non-hydrogen) atoms. The highest BCUT2D eigenvalue weighted by atomic mass is 16.3. The Morgan fingerprint density at radius 1 is 0.562 bits per heavy atom. The third-order valence-electron chi connectivity index (χ3n) is 14.7. The summed E-state index contributed by atoms with van der Waals surface area (Å²) >= 11 is 0. The van der Waals surface area contributed by atoms with E-state index in [0.29, 0.717) is 33.0 Å². The molecule has 0 saturated heterocycles. The van der Waals surface area contributed by atoms with Gasteiger partial charge in [0.2, 0.25) is 0 Å². The molecule has 5 fully saturated rings. The average molecular weight is 443 g/mol. The van der Waals surface area contributed by atoms with E-state index in [-0.39, 0.29) is 11.5 Å². The van der Waals surface area contributed by atoms with Gasteiger partial charge in [-0.2, -0.15) is 0 Å². The van der Waals surface area contributed by atoms with Crippen molar-refractivity contribution in [3.8, 4) is 0 Å². The van der Waals surface area contributed by atoms with Gasteiger partial charge in [-0.25, -0.2) is 0 Å². The van der Waals surface area contributed by atoms with Gasteiger partial charge in [-0.15, -0.1) is 0 Å². The highest BCUT2D eigenvalue weighted by molar-refractivity contribution is 5.21. The molecular weight excluding hydrogens is 388 g/mol. The van der Waals surface area contributed by atoms with E-state index in [2.05, 4.69) is 62.3 Å². The first-order valence-corrected chi connectivity index (χ1v) is 14.4. The first-order chi connectivity index (χ1) is 14.7. The molecule has 5 rings (SSSR count). The number of hydrogen-bond donors (Lipinski definition) is 1. The number of aliphatic hydroxyl groups excluding tert-OH is 1. The van der Waals surface area contributed by atoms with Crippen LogP contribution >= 0.6 is 0 Å². The van der Waals surface area contributed by atoms with E-state index in [4.69, 9.17) is 0 Å². The third kappa shape index (κ3) is 2.51. The number of hydrogen-bond acceptors (Lipinski definition) is 1. The lowest BCUT2D eigenvalue weighted by molar-refractivity contribution is -0.262. The molecule has 0 aromatic rings. The van der Waals surface area contributed by atoms with Crippen LogP contribution in [0.1, 0.15) is 127 Å². The molecule has 0 aromatic heterocycles. The van der Waals surface area contributed by atoms with Gasteiger partial charge in [-0.05, 0) is 126 Å². The molecule has 184 valence electrons. The smallest absolute Gasteiger partial charge is 0.0594 e. The van der Waals surface area contributed by atoms with Crippen LogP contribution in [-0.4, -0.2) is 11.2 Å². The van der Waals surface area contributed by atoms with E-state index >= 15 is 0 Å². The van der Waals surface area contributed by atoms with Crippen molar-refractivity contribution in [1.82, 2.24) is 0 Å². The third-order valence-corrected chi connectivity index (χ3v) is 14.7. The highest BCUT2D eigenvalue weighted by Gasteiger charge is 2.72. The van der Waals surface area contributed by atoms with Gasteiger partial charge in [0.15, 0.2) is 0 Å². The second-order valence-electron chi connectivity index (χ2n) is 15.7. The van der Waals surface area contributed by atoms with E-state index in [1.165, 1.54) is 57.8 Å². The topological polar surface area (TPSA) is 20.2 Å².